The fourth-order valence-electron chi connectivity index (χ4n) is 3.60. The van der Waals surface area contributed by atoms with Gasteiger partial charge in [-0.3, -0.25) is 9.59 Å². The molecule has 0 amide bonds. The zero-order chi connectivity index (χ0) is 18.1. The molecule has 0 saturated heterocycles. The van der Waals surface area contributed by atoms with E-state index in [0.29, 0.717) is 30.7 Å². The maximum absolute atomic E-state index is 12.4. The molecule has 0 bridgehead atoms. The van der Waals surface area contributed by atoms with Crippen LogP contribution < -0.4 is 4.74 Å². The first kappa shape index (κ1) is 16.8. The Hall–Kier alpha value is -2.69. The molecule has 3 aromatic rings. The number of carbonyl (C=O) groups is 2. The van der Waals surface area contributed by atoms with Crippen molar-refractivity contribution in [1.29, 1.82) is 0 Å². The number of rotatable bonds is 5. The Morgan fingerprint density at radius 3 is 2.92 bits per heavy atom. The maximum atomic E-state index is 12.4. The molecule has 4 rings (SSSR count). The number of carbonyl (C=O) groups excluding carboxylic acids is 2. The summed E-state index contributed by atoms with van der Waals surface area (Å²) in [5, 5.41) is 7.08. The molecular weight excluding hydrogens is 330 g/mol. The number of nitrogens with zero attached hydrogens (tertiary/aromatic N) is 1. The van der Waals surface area contributed by atoms with Gasteiger partial charge in [-0.2, -0.15) is 0 Å². The molecule has 2 aromatic carbocycles. The van der Waals surface area contributed by atoms with Crippen LogP contribution in [0.3, 0.4) is 0 Å². The van der Waals surface area contributed by atoms with Crippen molar-refractivity contribution in [2.75, 3.05) is 6.61 Å². The fourth-order valence-corrected chi connectivity index (χ4v) is 3.60. The van der Waals surface area contributed by atoms with E-state index in [9.17, 15) is 9.59 Å². The molecular formula is C21H21NO4. The standard InChI is InChI=1S/C21H21NO4/c1-2-3-10-25-15-6-8-16-13(11-15)4-9-19-20(16)21(22-26-19)17-7-5-14(23)12-18(17)24/h4,6,8-9,11,17H,2-3,5,7,10,12H2,1H3/t17-/m0/s1. The van der Waals surface area contributed by atoms with E-state index in [0.717, 1.165) is 34.7 Å². The second-order valence-corrected chi connectivity index (χ2v) is 6.86. The minimum Gasteiger partial charge on any atom is -0.494 e. The number of ether oxygens (including phenoxy) is 1. The minimum absolute atomic E-state index is 0.000791. The van der Waals surface area contributed by atoms with E-state index in [1.165, 1.54) is 0 Å². The van der Waals surface area contributed by atoms with E-state index in [1.807, 2.05) is 30.3 Å². The van der Waals surface area contributed by atoms with Crippen molar-refractivity contribution in [2.45, 2.75) is 44.9 Å². The van der Waals surface area contributed by atoms with Gasteiger partial charge in [0.05, 0.1) is 24.3 Å². The van der Waals surface area contributed by atoms with Crippen molar-refractivity contribution in [3.63, 3.8) is 0 Å². The second kappa shape index (κ2) is 6.90. The van der Waals surface area contributed by atoms with Crippen molar-refractivity contribution < 1.29 is 18.8 Å². The lowest BCUT2D eigenvalue weighted by Gasteiger charge is -2.18. The summed E-state index contributed by atoms with van der Waals surface area (Å²) in [6.07, 6.45) is 3.05. The average Bonchev–Trinajstić information content (AvgIpc) is 3.06. The van der Waals surface area contributed by atoms with Gasteiger partial charge < -0.3 is 9.26 Å². The summed E-state index contributed by atoms with van der Waals surface area (Å²) in [7, 11) is 0. The van der Waals surface area contributed by atoms with Crippen LogP contribution in [0.2, 0.25) is 0 Å². The van der Waals surface area contributed by atoms with Gasteiger partial charge in [0.1, 0.15) is 23.0 Å². The lowest BCUT2D eigenvalue weighted by atomic mass is 9.83. The molecule has 0 radical (unpaired) electrons. The molecule has 1 aliphatic carbocycles. The van der Waals surface area contributed by atoms with Crippen molar-refractivity contribution in [1.82, 2.24) is 5.16 Å². The predicted molar refractivity (Wildman–Crippen MR) is 98.5 cm³/mol. The molecule has 0 unspecified atom stereocenters. The van der Waals surface area contributed by atoms with Crippen molar-refractivity contribution in [3.05, 3.63) is 36.0 Å². The third-order valence-electron chi connectivity index (χ3n) is 5.02. The first-order valence-electron chi connectivity index (χ1n) is 9.16. The predicted octanol–water partition coefficient (Wildman–Crippen LogP) is 4.57. The molecule has 1 aliphatic rings. The lowest BCUT2D eigenvalue weighted by molar-refractivity contribution is -0.130. The van der Waals surface area contributed by atoms with Gasteiger partial charge >= 0.3 is 0 Å². The quantitative estimate of drug-likeness (QED) is 0.498. The van der Waals surface area contributed by atoms with Gasteiger partial charge in [0, 0.05) is 6.42 Å². The Labute approximate surface area is 151 Å². The molecule has 1 aromatic heterocycles. The molecule has 0 spiro atoms. The van der Waals surface area contributed by atoms with Gasteiger partial charge in [0.25, 0.3) is 0 Å². The Morgan fingerprint density at radius 1 is 1.23 bits per heavy atom. The van der Waals surface area contributed by atoms with Gasteiger partial charge in [-0.05, 0) is 47.9 Å². The van der Waals surface area contributed by atoms with Gasteiger partial charge in [-0.15, -0.1) is 0 Å². The lowest BCUT2D eigenvalue weighted by Crippen LogP contribution is -2.23. The molecule has 26 heavy (non-hydrogen) atoms. The Morgan fingerprint density at radius 2 is 2.12 bits per heavy atom. The van der Waals surface area contributed by atoms with Crippen LogP contribution in [-0.2, 0) is 9.59 Å². The summed E-state index contributed by atoms with van der Waals surface area (Å²) in [5.41, 5.74) is 1.32. The van der Waals surface area contributed by atoms with E-state index in [1.54, 1.807) is 0 Å². The highest BCUT2D eigenvalue weighted by Crippen LogP contribution is 2.37. The monoisotopic (exact) mass is 351 g/mol. The third-order valence-corrected chi connectivity index (χ3v) is 5.02. The number of unbranched alkanes of at least 4 members (excludes halogenated alkanes) is 1. The minimum atomic E-state index is -0.361. The molecule has 134 valence electrons. The van der Waals surface area contributed by atoms with Crippen LogP contribution in [0, 0.1) is 0 Å². The molecule has 0 aliphatic heterocycles. The highest BCUT2D eigenvalue weighted by atomic mass is 16.5. The van der Waals surface area contributed by atoms with E-state index >= 15 is 0 Å². The van der Waals surface area contributed by atoms with Crippen LogP contribution in [0.15, 0.2) is 34.9 Å². The number of hydrogen-bond donors (Lipinski definition) is 0. The zero-order valence-corrected chi connectivity index (χ0v) is 14.8. The molecule has 1 heterocycles. The first-order valence-corrected chi connectivity index (χ1v) is 9.16. The number of Topliss-reactive ketones (excluding diaryl/α,β-unsaturated/α-hetero) is 2. The topological polar surface area (TPSA) is 69.4 Å². The van der Waals surface area contributed by atoms with Crippen LogP contribution in [0.4, 0.5) is 0 Å². The summed E-state index contributed by atoms with van der Waals surface area (Å²) < 4.78 is 11.3. The second-order valence-electron chi connectivity index (χ2n) is 6.86. The maximum Gasteiger partial charge on any atom is 0.167 e. The van der Waals surface area contributed by atoms with Crippen LogP contribution >= 0.6 is 0 Å². The summed E-state index contributed by atoms with van der Waals surface area (Å²) >= 11 is 0. The van der Waals surface area contributed by atoms with Crippen molar-refractivity contribution in [3.8, 4) is 5.75 Å². The van der Waals surface area contributed by atoms with E-state index in [4.69, 9.17) is 9.26 Å². The van der Waals surface area contributed by atoms with Crippen molar-refractivity contribution >= 4 is 33.3 Å². The highest BCUT2D eigenvalue weighted by molar-refractivity contribution is 6.11. The molecule has 5 heteroatoms. The summed E-state index contributed by atoms with van der Waals surface area (Å²) in [6.45, 7) is 2.83. The van der Waals surface area contributed by atoms with E-state index < -0.39 is 0 Å². The number of ketones is 2. The molecule has 0 N–H and O–H groups in total. The Bertz CT molecular complexity index is 988. The smallest absolute Gasteiger partial charge is 0.167 e. The SMILES string of the molecule is CCCCOc1ccc2c(ccc3onc([C@H]4CCC(=O)CC4=O)c32)c1. The van der Waals surface area contributed by atoms with Gasteiger partial charge in [0.15, 0.2) is 5.58 Å². The van der Waals surface area contributed by atoms with E-state index in [-0.39, 0.29) is 23.9 Å². The average molecular weight is 351 g/mol. The number of aromatic nitrogens is 1. The third kappa shape index (κ3) is 2.98. The summed E-state index contributed by atoms with van der Waals surface area (Å²) in [5.74, 6) is 0.424. The number of fused-ring (bicyclic) bond motifs is 3. The molecule has 1 fully saturated rings. The molecule has 1 saturated carbocycles. The zero-order valence-electron chi connectivity index (χ0n) is 14.8. The van der Waals surface area contributed by atoms with Crippen LogP contribution in [-0.4, -0.2) is 23.3 Å². The molecule has 5 nitrogen and oxygen atoms in total. The van der Waals surface area contributed by atoms with E-state index in [2.05, 4.69) is 12.1 Å². The first-order chi connectivity index (χ1) is 12.7. The molecule has 1 atom stereocenters. The van der Waals surface area contributed by atoms with Crippen LogP contribution in [0.25, 0.3) is 21.7 Å². The largest absolute Gasteiger partial charge is 0.494 e. The Balaban J connectivity index is 1.75. The fraction of sp³-hybridized carbons (Fsp3) is 0.381. The van der Waals surface area contributed by atoms with Gasteiger partial charge in [-0.1, -0.05) is 24.6 Å². The van der Waals surface area contributed by atoms with Crippen LogP contribution in [0.1, 0.15) is 50.6 Å². The normalized spacial score (nSPS) is 18.0. The van der Waals surface area contributed by atoms with Crippen LogP contribution in [0.5, 0.6) is 5.75 Å². The Kier molecular flexibility index (Phi) is 4.45. The van der Waals surface area contributed by atoms with Gasteiger partial charge in [-0.25, -0.2) is 0 Å². The summed E-state index contributed by atoms with van der Waals surface area (Å²) in [6, 6.07) is 9.81. The van der Waals surface area contributed by atoms with Gasteiger partial charge in [0.2, 0.25) is 0 Å². The number of hydrogen-bond acceptors (Lipinski definition) is 5. The number of benzene rings is 2. The highest BCUT2D eigenvalue weighted by Gasteiger charge is 2.32. The van der Waals surface area contributed by atoms with Crippen molar-refractivity contribution in [2.24, 2.45) is 0 Å². The summed E-state index contributed by atoms with van der Waals surface area (Å²) in [4.78, 5) is 23.9.